The van der Waals surface area contributed by atoms with Crippen molar-refractivity contribution >= 4 is 21.6 Å². The van der Waals surface area contributed by atoms with Gasteiger partial charge >= 0.3 is 0 Å². The maximum absolute atomic E-state index is 13.2. The summed E-state index contributed by atoms with van der Waals surface area (Å²) in [6.07, 6.45) is 0.880. The molecule has 0 aliphatic carbocycles. The zero-order chi connectivity index (χ0) is 22.3. The van der Waals surface area contributed by atoms with Crippen molar-refractivity contribution in [2.24, 2.45) is 0 Å². The number of hydrogen-bond acceptors (Lipinski definition) is 5. The number of carbonyl (C=O) groups excluding carboxylic acids is 1. The highest BCUT2D eigenvalue weighted by Crippen LogP contribution is 2.33. The Bertz CT molecular complexity index is 1130. The number of anilines is 1. The minimum absolute atomic E-state index is 0.105. The zero-order valence-electron chi connectivity index (χ0n) is 18.1. The zero-order valence-corrected chi connectivity index (χ0v) is 18.9. The minimum Gasteiger partial charge on any atom is -0.486 e. The maximum atomic E-state index is 13.2. The van der Waals surface area contributed by atoms with Gasteiger partial charge in [0.2, 0.25) is 10.0 Å². The van der Waals surface area contributed by atoms with Gasteiger partial charge in [-0.3, -0.25) is 4.79 Å². The van der Waals surface area contributed by atoms with Gasteiger partial charge in [-0.1, -0.05) is 18.2 Å². The van der Waals surface area contributed by atoms with Crippen molar-refractivity contribution in [2.45, 2.75) is 24.3 Å². The number of carbonyl (C=O) groups is 1. The summed E-state index contributed by atoms with van der Waals surface area (Å²) in [5.74, 6) is 1.14. The first kappa shape index (κ1) is 21.2. The number of ether oxygens (including phenoxy) is 2. The smallest absolute Gasteiger partial charge is 0.284 e. The van der Waals surface area contributed by atoms with Gasteiger partial charge in [-0.15, -0.1) is 0 Å². The van der Waals surface area contributed by atoms with Crippen molar-refractivity contribution in [1.82, 2.24) is 4.31 Å². The first-order valence-electron chi connectivity index (χ1n) is 11.1. The molecule has 5 rings (SSSR count). The van der Waals surface area contributed by atoms with Crippen LogP contribution < -0.4 is 19.3 Å². The Kier molecular flexibility index (Phi) is 5.56. The summed E-state index contributed by atoms with van der Waals surface area (Å²) in [7, 11) is -3.63. The number of para-hydroxylation sites is 1. The molecule has 8 nitrogen and oxygen atoms in total. The third-order valence-electron chi connectivity index (χ3n) is 6.65. The molecule has 0 bridgehead atoms. The maximum Gasteiger partial charge on any atom is 0.284 e. The normalized spacial score (nSPS) is 20.1. The molecule has 3 aliphatic heterocycles. The van der Waals surface area contributed by atoms with Gasteiger partial charge < -0.3 is 19.3 Å². The van der Waals surface area contributed by atoms with Crippen molar-refractivity contribution in [3.63, 3.8) is 0 Å². The molecule has 170 valence electrons. The van der Waals surface area contributed by atoms with Crippen LogP contribution in [0, 0.1) is 0 Å². The van der Waals surface area contributed by atoms with E-state index in [1.807, 2.05) is 30.0 Å². The minimum atomic E-state index is -3.63. The number of nitrogens with zero attached hydrogens (tertiary/aromatic N) is 2. The van der Waals surface area contributed by atoms with Gasteiger partial charge in [0.15, 0.2) is 17.5 Å². The quantitative estimate of drug-likeness (QED) is 0.714. The lowest BCUT2D eigenvalue weighted by Crippen LogP contribution is -3.19. The molecular formula is C23H28N3O5S+. The fraction of sp³-hybridized carbons (Fsp3) is 0.435. The lowest BCUT2D eigenvalue weighted by Gasteiger charge is -2.35. The summed E-state index contributed by atoms with van der Waals surface area (Å²) in [6.45, 7) is 5.46. The van der Waals surface area contributed by atoms with Crippen LogP contribution in [-0.2, 0) is 21.2 Å². The molecule has 0 saturated carbocycles. The van der Waals surface area contributed by atoms with Crippen LogP contribution in [0.5, 0.6) is 11.5 Å². The molecule has 3 heterocycles. The third-order valence-corrected chi connectivity index (χ3v) is 8.55. The van der Waals surface area contributed by atoms with Crippen molar-refractivity contribution < 1.29 is 27.6 Å². The van der Waals surface area contributed by atoms with Crippen molar-refractivity contribution in [3.05, 3.63) is 48.0 Å². The van der Waals surface area contributed by atoms with Crippen LogP contribution in [0.25, 0.3) is 0 Å². The summed E-state index contributed by atoms with van der Waals surface area (Å²) >= 11 is 0. The van der Waals surface area contributed by atoms with Gasteiger partial charge in [-0.2, -0.15) is 4.31 Å². The van der Waals surface area contributed by atoms with Gasteiger partial charge in [0, 0.05) is 18.3 Å². The van der Waals surface area contributed by atoms with E-state index in [1.54, 1.807) is 18.2 Å². The third kappa shape index (κ3) is 3.74. The highest BCUT2D eigenvalue weighted by Gasteiger charge is 2.37. The van der Waals surface area contributed by atoms with Crippen LogP contribution in [0.3, 0.4) is 0 Å². The fourth-order valence-corrected chi connectivity index (χ4v) is 6.21. The standard InChI is InChI=1S/C23H27N3O5S/c1-17(23(27)26-9-8-18-4-2-3-5-20(18)26)24-10-12-25(13-11-24)32(28,29)19-6-7-21-22(16-19)31-15-14-30-21/h2-7,16-17H,8-15H2,1H3/p+1/t17-/m1/s1. The molecule has 1 amide bonds. The molecular weight excluding hydrogens is 430 g/mol. The molecule has 2 aromatic carbocycles. The van der Waals surface area contributed by atoms with Gasteiger partial charge in [-0.25, -0.2) is 8.42 Å². The number of quaternary nitrogens is 1. The summed E-state index contributed by atoms with van der Waals surface area (Å²) in [5, 5.41) is 0. The number of nitrogens with one attached hydrogen (secondary N) is 1. The van der Waals surface area contributed by atoms with Gasteiger partial charge in [-0.05, 0) is 37.1 Å². The molecule has 1 saturated heterocycles. The molecule has 9 heteroatoms. The first-order chi connectivity index (χ1) is 15.4. The average Bonchev–Trinajstić information content (AvgIpc) is 3.27. The Labute approximate surface area is 188 Å². The largest absolute Gasteiger partial charge is 0.486 e. The monoisotopic (exact) mass is 458 g/mol. The first-order valence-corrected chi connectivity index (χ1v) is 12.5. The van der Waals surface area contributed by atoms with E-state index in [0.717, 1.165) is 17.0 Å². The Balaban J connectivity index is 1.24. The van der Waals surface area contributed by atoms with E-state index in [4.69, 9.17) is 9.47 Å². The summed E-state index contributed by atoms with van der Waals surface area (Å²) in [6, 6.07) is 12.6. The lowest BCUT2D eigenvalue weighted by atomic mass is 10.1. The highest BCUT2D eigenvalue weighted by molar-refractivity contribution is 7.89. The van der Waals surface area contributed by atoms with Crippen LogP contribution in [-0.4, -0.2) is 70.6 Å². The molecule has 0 spiro atoms. The summed E-state index contributed by atoms with van der Waals surface area (Å²) in [5.41, 5.74) is 2.21. The molecule has 3 aliphatic rings. The molecule has 0 aromatic heterocycles. The van der Waals surface area contributed by atoms with Crippen molar-refractivity contribution in [1.29, 1.82) is 0 Å². The Morgan fingerprint density at radius 3 is 2.50 bits per heavy atom. The molecule has 2 aromatic rings. The van der Waals surface area contributed by atoms with Crippen LogP contribution in [0.4, 0.5) is 5.69 Å². The van der Waals surface area contributed by atoms with Crippen molar-refractivity contribution in [2.75, 3.05) is 50.8 Å². The van der Waals surface area contributed by atoms with Crippen LogP contribution in [0.1, 0.15) is 12.5 Å². The topological polar surface area (TPSA) is 80.6 Å². The summed E-state index contributed by atoms with van der Waals surface area (Å²) in [4.78, 5) is 16.4. The molecule has 1 fully saturated rings. The van der Waals surface area contributed by atoms with E-state index >= 15 is 0 Å². The van der Waals surface area contributed by atoms with E-state index in [0.29, 0.717) is 57.4 Å². The van der Waals surface area contributed by atoms with Crippen LogP contribution >= 0.6 is 0 Å². The predicted molar refractivity (Wildman–Crippen MR) is 119 cm³/mol. The van der Waals surface area contributed by atoms with Crippen molar-refractivity contribution in [3.8, 4) is 11.5 Å². The SMILES string of the molecule is C[C@H](C(=O)N1CCc2ccccc21)[NH+]1CCN(S(=O)(=O)c2ccc3c(c2)OCCO3)CC1. The number of hydrogen-bond donors (Lipinski definition) is 1. The van der Waals surface area contributed by atoms with E-state index in [9.17, 15) is 13.2 Å². The Hall–Kier alpha value is -2.62. The highest BCUT2D eigenvalue weighted by atomic mass is 32.2. The fourth-order valence-electron chi connectivity index (χ4n) is 4.76. The molecule has 1 N–H and O–H groups in total. The van der Waals surface area contributed by atoms with Crippen LogP contribution in [0.2, 0.25) is 0 Å². The predicted octanol–water partition coefficient (Wildman–Crippen LogP) is 0.325. The Morgan fingerprint density at radius 1 is 1.00 bits per heavy atom. The second-order valence-corrected chi connectivity index (χ2v) is 10.4. The van der Waals surface area contributed by atoms with Gasteiger partial charge in [0.25, 0.3) is 5.91 Å². The van der Waals surface area contributed by atoms with E-state index < -0.39 is 10.0 Å². The molecule has 0 unspecified atom stereocenters. The second kappa shape index (κ2) is 8.38. The number of fused-ring (bicyclic) bond motifs is 2. The number of benzene rings is 2. The van der Waals surface area contributed by atoms with E-state index in [1.165, 1.54) is 9.87 Å². The van der Waals surface area contributed by atoms with E-state index in [-0.39, 0.29) is 16.8 Å². The van der Waals surface area contributed by atoms with E-state index in [2.05, 4.69) is 6.07 Å². The number of amides is 1. The van der Waals surface area contributed by atoms with Gasteiger partial charge in [0.05, 0.1) is 31.1 Å². The van der Waals surface area contributed by atoms with Crippen LogP contribution in [0.15, 0.2) is 47.4 Å². The molecule has 0 radical (unpaired) electrons. The lowest BCUT2D eigenvalue weighted by molar-refractivity contribution is -0.917. The summed E-state index contributed by atoms with van der Waals surface area (Å²) < 4.78 is 38.9. The number of sulfonamides is 1. The molecule has 1 atom stereocenters. The Morgan fingerprint density at radius 2 is 1.72 bits per heavy atom. The average molecular weight is 459 g/mol. The number of rotatable bonds is 4. The van der Waals surface area contributed by atoms with Gasteiger partial charge in [0.1, 0.15) is 13.2 Å². The number of piperazine rings is 1. The second-order valence-electron chi connectivity index (χ2n) is 8.46. The molecule has 32 heavy (non-hydrogen) atoms.